The van der Waals surface area contributed by atoms with Gasteiger partial charge in [0.15, 0.2) is 5.11 Å². The Morgan fingerprint density at radius 1 is 1.14 bits per heavy atom. The van der Waals surface area contributed by atoms with Gasteiger partial charge < -0.3 is 5.32 Å². The van der Waals surface area contributed by atoms with Gasteiger partial charge in [0.2, 0.25) is 0 Å². The molecule has 0 atom stereocenters. The molecule has 2 aromatic rings. The Morgan fingerprint density at radius 2 is 1.86 bits per heavy atom. The smallest absolute Gasteiger partial charge is 0.258 e. The summed E-state index contributed by atoms with van der Waals surface area (Å²) in [5.74, 6) is -0.330. The number of hydrogen-bond donors (Lipinski definition) is 2. The second kappa shape index (κ2) is 6.70. The fourth-order valence-electron chi connectivity index (χ4n) is 1.84. The van der Waals surface area contributed by atoms with Gasteiger partial charge in [-0.15, -0.1) is 0 Å². The van der Waals surface area contributed by atoms with E-state index in [4.69, 9.17) is 23.8 Å². The van der Waals surface area contributed by atoms with Crippen LogP contribution in [0.4, 0.5) is 5.69 Å². The van der Waals surface area contributed by atoms with Crippen LogP contribution in [-0.4, -0.2) is 11.0 Å². The van der Waals surface area contributed by atoms with E-state index in [0.717, 1.165) is 16.8 Å². The molecule has 0 unspecified atom stereocenters. The molecule has 108 valence electrons. The van der Waals surface area contributed by atoms with Crippen LogP contribution in [-0.2, 0) is 0 Å². The highest BCUT2D eigenvalue weighted by Crippen LogP contribution is 2.17. The second-order valence-electron chi connectivity index (χ2n) is 4.71. The molecular weight excluding hydrogens is 304 g/mol. The van der Waals surface area contributed by atoms with E-state index >= 15 is 0 Å². The third-order valence-corrected chi connectivity index (χ3v) is 3.52. The summed E-state index contributed by atoms with van der Waals surface area (Å²) in [5.41, 5.74) is 3.43. The number of carbonyl (C=O) groups excluding carboxylic acids is 1. The maximum Gasteiger partial charge on any atom is 0.258 e. The van der Waals surface area contributed by atoms with Crippen molar-refractivity contribution in [2.75, 3.05) is 5.32 Å². The minimum absolute atomic E-state index is 0.244. The van der Waals surface area contributed by atoms with Crippen molar-refractivity contribution in [2.45, 2.75) is 13.8 Å². The highest BCUT2D eigenvalue weighted by molar-refractivity contribution is 7.80. The molecule has 0 spiro atoms. The zero-order valence-corrected chi connectivity index (χ0v) is 13.3. The Labute approximate surface area is 134 Å². The van der Waals surface area contributed by atoms with E-state index in [9.17, 15) is 4.79 Å². The molecule has 2 aromatic carbocycles. The van der Waals surface area contributed by atoms with Gasteiger partial charge in [-0.05, 0) is 55.4 Å². The van der Waals surface area contributed by atoms with E-state index in [2.05, 4.69) is 10.6 Å². The zero-order valence-electron chi connectivity index (χ0n) is 11.7. The normalized spacial score (nSPS) is 10.0. The van der Waals surface area contributed by atoms with Crippen molar-refractivity contribution in [1.82, 2.24) is 5.32 Å². The quantitative estimate of drug-likeness (QED) is 0.820. The Kier molecular flexibility index (Phi) is 4.94. The van der Waals surface area contributed by atoms with E-state index in [1.54, 1.807) is 24.3 Å². The number of carbonyl (C=O) groups is 1. The summed E-state index contributed by atoms with van der Waals surface area (Å²) < 4.78 is 0. The van der Waals surface area contributed by atoms with Gasteiger partial charge in [-0.25, -0.2) is 0 Å². The number of benzene rings is 2. The Hall–Kier alpha value is -1.91. The number of amides is 1. The monoisotopic (exact) mass is 318 g/mol. The average molecular weight is 319 g/mol. The second-order valence-corrected chi connectivity index (χ2v) is 5.52. The van der Waals surface area contributed by atoms with Gasteiger partial charge >= 0.3 is 0 Å². The molecule has 1 amide bonds. The standard InChI is InChI=1S/C16H15ClN2OS/c1-10-7-8-11(2)14(9-10)18-16(21)19-15(20)12-5-3-4-6-13(12)17/h3-9H,1-2H3,(H2,18,19,20,21). The van der Waals surface area contributed by atoms with Crippen molar-refractivity contribution >= 4 is 40.5 Å². The molecular formula is C16H15ClN2OS. The number of halogens is 1. The van der Waals surface area contributed by atoms with Crippen LogP contribution in [0.3, 0.4) is 0 Å². The fraction of sp³-hybridized carbons (Fsp3) is 0.125. The summed E-state index contributed by atoms with van der Waals surface area (Å²) in [6, 6.07) is 12.8. The first-order valence-electron chi connectivity index (χ1n) is 6.41. The van der Waals surface area contributed by atoms with Crippen LogP contribution in [0.1, 0.15) is 21.5 Å². The lowest BCUT2D eigenvalue weighted by Gasteiger charge is -2.12. The number of thiocarbonyl (C=S) groups is 1. The maximum absolute atomic E-state index is 12.1. The van der Waals surface area contributed by atoms with Gasteiger partial charge in [0.25, 0.3) is 5.91 Å². The lowest BCUT2D eigenvalue weighted by molar-refractivity contribution is 0.0978. The molecule has 5 heteroatoms. The predicted octanol–water partition coefficient (Wildman–Crippen LogP) is 4.08. The predicted molar refractivity (Wildman–Crippen MR) is 91.1 cm³/mol. The number of rotatable bonds is 2. The molecule has 0 aliphatic heterocycles. The van der Waals surface area contributed by atoms with E-state index in [-0.39, 0.29) is 11.0 Å². The van der Waals surface area contributed by atoms with Crippen LogP contribution in [0, 0.1) is 13.8 Å². The first-order chi connectivity index (χ1) is 9.97. The molecule has 0 aliphatic rings. The van der Waals surface area contributed by atoms with Crippen LogP contribution in [0.15, 0.2) is 42.5 Å². The van der Waals surface area contributed by atoms with Crippen molar-refractivity contribution in [2.24, 2.45) is 0 Å². The molecule has 2 rings (SSSR count). The number of nitrogens with one attached hydrogen (secondary N) is 2. The molecule has 0 fully saturated rings. The van der Waals surface area contributed by atoms with Crippen LogP contribution >= 0.6 is 23.8 Å². The molecule has 0 saturated carbocycles. The summed E-state index contributed by atoms with van der Waals surface area (Å²) in [6.45, 7) is 3.97. The van der Waals surface area contributed by atoms with E-state index < -0.39 is 0 Å². The third-order valence-electron chi connectivity index (χ3n) is 2.99. The van der Waals surface area contributed by atoms with E-state index in [1.807, 2.05) is 32.0 Å². The van der Waals surface area contributed by atoms with Gasteiger partial charge in [-0.2, -0.15) is 0 Å². The van der Waals surface area contributed by atoms with Crippen LogP contribution < -0.4 is 10.6 Å². The van der Waals surface area contributed by atoms with Gasteiger partial charge in [0.1, 0.15) is 0 Å². The van der Waals surface area contributed by atoms with Gasteiger partial charge in [-0.3, -0.25) is 10.1 Å². The van der Waals surface area contributed by atoms with Crippen molar-refractivity contribution < 1.29 is 4.79 Å². The van der Waals surface area contributed by atoms with Crippen LogP contribution in [0.2, 0.25) is 5.02 Å². The number of anilines is 1. The lowest BCUT2D eigenvalue weighted by atomic mass is 10.1. The summed E-state index contributed by atoms with van der Waals surface area (Å²) in [7, 11) is 0. The molecule has 21 heavy (non-hydrogen) atoms. The van der Waals surface area contributed by atoms with Crippen LogP contribution in [0.5, 0.6) is 0 Å². The maximum atomic E-state index is 12.1. The molecule has 0 bridgehead atoms. The summed E-state index contributed by atoms with van der Waals surface area (Å²) in [6.07, 6.45) is 0. The molecule has 0 radical (unpaired) electrons. The van der Waals surface area contributed by atoms with Crippen molar-refractivity contribution in [3.8, 4) is 0 Å². The van der Waals surface area contributed by atoms with Gasteiger partial charge in [0.05, 0.1) is 10.6 Å². The zero-order chi connectivity index (χ0) is 15.4. The largest absolute Gasteiger partial charge is 0.332 e. The highest BCUT2D eigenvalue weighted by Gasteiger charge is 2.11. The summed E-state index contributed by atoms with van der Waals surface area (Å²) in [5, 5.41) is 6.29. The minimum atomic E-state index is -0.330. The Bertz CT molecular complexity index is 700. The topological polar surface area (TPSA) is 41.1 Å². The van der Waals surface area contributed by atoms with Crippen molar-refractivity contribution in [1.29, 1.82) is 0 Å². The first-order valence-corrected chi connectivity index (χ1v) is 7.20. The molecule has 3 nitrogen and oxygen atoms in total. The van der Waals surface area contributed by atoms with Crippen molar-refractivity contribution in [3.63, 3.8) is 0 Å². The summed E-state index contributed by atoms with van der Waals surface area (Å²) >= 11 is 11.2. The SMILES string of the molecule is Cc1ccc(C)c(NC(=S)NC(=O)c2ccccc2Cl)c1. The highest BCUT2D eigenvalue weighted by atomic mass is 35.5. The molecule has 0 saturated heterocycles. The molecule has 0 aromatic heterocycles. The third kappa shape index (κ3) is 4.03. The van der Waals surface area contributed by atoms with Crippen LogP contribution in [0.25, 0.3) is 0 Å². The Balaban J connectivity index is 2.07. The van der Waals surface area contributed by atoms with E-state index in [1.165, 1.54) is 0 Å². The molecule has 0 heterocycles. The lowest BCUT2D eigenvalue weighted by Crippen LogP contribution is -2.34. The fourth-order valence-corrected chi connectivity index (χ4v) is 2.26. The number of aryl methyl sites for hydroxylation is 2. The summed E-state index contributed by atoms with van der Waals surface area (Å²) in [4.78, 5) is 12.1. The van der Waals surface area contributed by atoms with E-state index in [0.29, 0.717) is 10.6 Å². The van der Waals surface area contributed by atoms with Gasteiger partial charge in [-0.1, -0.05) is 35.9 Å². The molecule has 0 aliphatic carbocycles. The first kappa shape index (κ1) is 15.5. The Morgan fingerprint density at radius 3 is 2.57 bits per heavy atom. The van der Waals surface area contributed by atoms with Gasteiger partial charge in [0, 0.05) is 5.69 Å². The molecule has 2 N–H and O–H groups in total. The average Bonchev–Trinajstić information content (AvgIpc) is 2.43. The van der Waals surface area contributed by atoms with Crippen molar-refractivity contribution in [3.05, 3.63) is 64.2 Å². The number of hydrogen-bond acceptors (Lipinski definition) is 2. The minimum Gasteiger partial charge on any atom is -0.332 e.